The molecule has 1 aromatic heterocycles. The van der Waals surface area contributed by atoms with Gasteiger partial charge in [-0.25, -0.2) is 8.78 Å². The number of thiophene rings is 1. The Kier molecular flexibility index (Phi) is 3.66. The van der Waals surface area contributed by atoms with Gasteiger partial charge in [-0.3, -0.25) is 0 Å². The highest BCUT2D eigenvalue weighted by molar-refractivity contribution is 7.10. The fraction of sp³-hybridized carbons (Fsp3) is 0.600. The quantitative estimate of drug-likeness (QED) is 0.861. The highest BCUT2D eigenvalue weighted by Crippen LogP contribution is 2.31. The van der Waals surface area contributed by atoms with Crippen LogP contribution in [0, 0.1) is 0 Å². The topological polar surface area (TPSA) is 21.3 Å². The molecule has 2 rings (SSSR count). The van der Waals surface area contributed by atoms with Gasteiger partial charge in [0.1, 0.15) is 6.10 Å². The molecule has 84 valence electrons. The average molecular weight is 233 g/mol. The van der Waals surface area contributed by atoms with E-state index in [1.165, 1.54) is 10.4 Å². The van der Waals surface area contributed by atoms with E-state index in [0.717, 1.165) is 6.42 Å². The summed E-state index contributed by atoms with van der Waals surface area (Å²) in [5.41, 5.74) is 1.30. The second kappa shape index (κ2) is 5.01. The van der Waals surface area contributed by atoms with Gasteiger partial charge in [0.05, 0.1) is 13.2 Å². The molecular weight excluding hydrogens is 220 g/mol. The molecular formula is C10H13F2NOS. The lowest BCUT2D eigenvalue weighted by molar-refractivity contribution is 0.0417. The van der Waals surface area contributed by atoms with Crippen molar-refractivity contribution in [1.29, 1.82) is 0 Å². The second-order valence-electron chi connectivity index (χ2n) is 3.47. The van der Waals surface area contributed by atoms with Gasteiger partial charge in [0.25, 0.3) is 6.43 Å². The van der Waals surface area contributed by atoms with Gasteiger partial charge in [-0.15, -0.1) is 11.3 Å². The number of halogens is 2. The van der Waals surface area contributed by atoms with Crippen LogP contribution >= 0.6 is 11.3 Å². The van der Waals surface area contributed by atoms with Crippen molar-refractivity contribution in [1.82, 2.24) is 5.32 Å². The van der Waals surface area contributed by atoms with E-state index in [0.29, 0.717) is 13.2 Å². The van der Waals surface area contributed by atoms with Crippen LogP contribution in [0.5, 0.6) is 0 Å². The first-order chi connectivity index (χ1) is 7.27. The Morgan fingerprint density at radius 2 is 2.47 bits per heavy atom. The molecule has 0 amide bonds. The smallest absolute Gasteiger partial charge is 0.250 e. The monoisotopic (exact) mass is 233 g/mol. The zero-order valence-electron chi connectivity index (χ0n) is 8.21. The molecule has 0 bridgehead atoms. The van der Waals surface area contributed by atoms with E-state index in [-0.39, 0.29) is 12.6 Å². The van der Waals surface area contributed by atoms with Crippen molar-refractivity contribution in [3.05, 3.63) is 21.9 Å². The molecule has 0 aliphatic carbocycles. The summed E-state index contributed by atoms with van der Waals surface area (Å²) in [6.45, 7) is 0.892. The molecule has 0 saturated carbocycles. The molecule has 0 spiro atoms. The minimum atomic E-state index is -2.30. The number of fused-ring (bicyclic) bond motifs is 1. The molecule has 15 heavy (non-hydrogen) atoms. The minimum absolute atomic E-state index is 0.0486. The van der Waals surface area contributed by atoms with E-state index in [2.05, 4.69) is 11.4 Å². The second-order valence-corrected chi connectivity index (χ2v) is 4.42. The molecule has 1 aromatic rings. The van der Waals surface area contributed by atoms with Crippen LogP contribution < -0.4 is 5.32 Å². The fourth-order valence-electron chi connectivity index (χ4n) is 1.70. The van der Waals surface area contributed by atoms with Gasteiger partial charge < -0.3 is 10.1 Å². The Morgan fingerprint density at radius 1 is 1.60 bits per heavy atom. The summed E-state index contributed by atoms with van der Waals surface area (Å²) in [6, 6.07) is 2.09. The lowest BCUT2D eigenvalue weighted by Crippen LogP contribution is -2.29. The van der Waals surface area contributed by atoms with Crippen molar-refractivity contribution in [3.63, 3.8) is 0 Å². The molecule has 0 radical (unpaired) electrons. The summed E-state index contributed by atoms with van der Waals surface area (Å²) < 4.78 is 29.4. The SMILES string of the molecule is FC(F)CNCC1OCCc2ccsc21. The number of nitrogens with one attached hydrogen (secondary N) is 1. The molecule has 2 nitrogen and oxygen atoms in total. The van der Waals surface area contributed by atoms with Gasteiger partial charge in [0.15, 0.2) is 0 Å². The van der Waals surface area contributed by atoms with Crippen molar-refractivity contribution in [2.24, 2.45) is 0 Å². The molecule has 1 N–H and O–H groups in total. The number of alkyl halides is 2. The molecule has 1 aliphatic rings. The van der Waals surface area contributed by atoms with Crippen molar-refractivity contribution in [3.8, 4) is 0 Å². The normalized spacial score (nSPS) is 20.6. The Balaban J connectivity index is 1.89. The molecule has 5 heteroatoms. The van der Waals surface area contributed by atoms with E-state index >= 15 is 0 Å². The molecule has 2 heterocycles. The maximum atomic E-state index is 11.9. The van der Waals surface area contributed by atoms with Crippen LogP contribution in [-0.4, -0.2) is 26.1 Å². The van der Waals surface area contributed by atoms with Crippen LogP contribution in [0.4, 0.5) is 8.78 Å². The standard InChI is InChI=1S/C10H13F2NOS/c11-9(12)6-13-5-8-10-7(1-3-14-8)2-4-15-10/h2,4,8-9,13H,1,3,5-6H2. The van der Waals surface area contributed by atoms with Gasteiger partial charge in [-0.2, -0.15) is 0 Å². The van der Waals surface area contributed by atoms with Crippen LogP contribution in [0.15, 0.2) is 11.4 Å². The van der Waals surface area contributed by atoms with Gasteiger partial charge >= 0.3 is 0 Å². The average Bonchev–Trinajstić information content (AvgIpc) is 2.65. The van der Waals surface area contributed by atoms with Gasteiger partial charge in [-0.05, 0) is 23.4 Å². The first-order valence-corrected chi connectivity index (χ1v) is 5.82. The van der Waals surface area contributed by atoms with Crippen molar-refractivity contribution < 1.29 is 13.5 Å². The number of hydrogen-bond donors (Lipinski definition) is 1. The Bertz CT molecular complexity index is 316. The third kappa shape index (κ3) is 2.74. The Hall–Kier alpha value is -0.520. The maximum Gasteiger partial charge on any atom is 0.250 e. The van der Waals surface area contributed by atoms with E-state index in [4.69, 9.17) is 4.74 Å². The molecule has 1 unspecified atom stereocenters. The van der Waals surface area contributed by atoms with E-state index in [1.807, 2.05) is 5.38 Å². The summed E-state index contributed by atoms with van der Waals surface area (Å²) in [5.74, 6) is 0. The van der Waals surface area contributed by atoms with Crippen molar-refractivity contribution >= 4 is 11.3 Å². The molecule has 0 fully saturated rings. The molecule has 1 aliphatic heterocycles. The first-order valence-electron chi connectivity index (χ1n) is 4.94. The van der Waals surface area contributed by atoms with E-state index in [1.54, 1.807) is 11.3 Å². The summed E-state index contributed by atoms with van der Waals surface area (Å²) >= 11 is 1.64. The number of rotatable bonds is 4. The van der Waals surface area contributed by atoms with Gasteiger partial charge in [0.2, 0.25) is 0 Å². The molecule has 0 saturated heterocycles. The fourth-order valence-corrected chi connectivity index (χ4v) is 2.70. The minimum Gasteiger partial charge on any atom is -0.371 e. The molecule has 1 atom stereocenters. The van der Waals surface area contributed by atoms with Crippen LogP contribution in [0.3, 0.4) is 0 Å². The largest absolute Gasteiger partial charge is 0.371 e. The number of ether oxygens (including phenoxy) is 1. The third-order valence-corrected chi connectivity index (χ3v) is 3.44. The van der Waals surface area contributed by atoms with E-state index < -0.39 is 6.43 Å². The summed E-state index contributed by atoms with van der Waals surface area (Å²) in [5, 5.41) is 4.74. The summed E-state index contributed by atoms with van der Waals surface area (Å²) in [7, 11) is 0. The van der Waals surface area contributed by atoms with E-state index in [9.17, 15) is 8.78 Å². The van der Waals surface area contributed by atoms with Crippen LogP contribution in [-0.2, 0) is 11.2 Å². The lowest BCUT2D eigenvalue weighted by Gasteiger charge is -2.23. The highest BCUT2D eigenvalue weighted by atomic mass is 32.1. The number of hydrogen-bond acceptors (Lipinski definition) is 3. The third-order valence-electron chi connectivity index (χ3n) is 2.39. The van der Waals surface area contributed by atoms with Gasteiger partial charge in [-0.1, -0.05) is 0 Å². The van der Waals surface area contributed by atoms with Crippen molar-refractivity contribution in [2.45, 2.75) is 19.0 Å². The maximum absolute atomic E-state index is 11.9. The van der Waals surface area contributed by atoms with Crippen LogP contribution in [0.1, 0.15) is 16.5 Å². The lowest BCUT2D eigenvalue weighted by atomic mass is 10.1. The first kappa shape index (κ1) is 11.0. The van der Waals surface area contributed by atoms with Crippen molar-refractivity contribution in [2.75, 3.05) is 19.7 Å². The van der Waals surface area contributed by atoms with Gasteiger partial charge in [0, 0.05) is 11.4 Å². The zero-order chi connectivity index (χ0) is 10.7. The Labute approximate surface area is 91.3 Å². The van der Waals surface area contributed by atoms with Crippen LogP contribution in [0.2, 0.25) is 0 Å². The van der Waals surface area contributed by atoms with Crippen LogP contribution in [0.25, 0.3) is 0 Å². The molecule has 0 aromatic carbocycles. The highest BCUT2D eigenvalue weighted by Gasteiger charge is 2.21. The predicted molar refractivity (Wildman–Crippen MR) is 55.6 cm³/mol. The Morgan fingerprint density at radius 3 is 3.27 bits per heavy atom. The predicted octanol–water partition coefficient (Wildman–Crippen LogP) is 2.22. The summed E-state index contributed by atoms with van der Waals surface area (Å²) in [4.78, 5) is 1.18. The zero-order valence-corrected chi connectivity index (χ0v) is 9.03. The summed E-state index contributed by atoms with van der Waals surface area (Å²) in [6.07, 6.45) is -1.41.